The van der Waals surface area contributed by atoms with Crippen molar-refractivity contribution in [2.75, 3.05) is 7.05 Å². The molecule has 0 aliphatic rings. The maximum absolute atomic E-state index is 12.2. The lowest BCUT2D eigenvalue weighted by Crippen LogP contribution is -2.27. The number of nitrogens with one attached hydrogen (secondary N) is 1. The molecule has 1 heterocycles. The standard InChI is InChI=1S/C12H12N4O4/c1-15(7-11-13-4-5-14-11)12(18)9-6-8(17)2-3-10(9)16(19)20/h2-6,17H,7H2,1H3,(H,13,14). The van der Waals surface area contributed by atoms with E-state index in [1.807, 2.05) is 0 Å². The summed E-state index contributed by atoms with van der Waals surface area (Å²) in [6.07, 6.45) is 3.16. The first-order valence-corrected chi connectivity index (χ1v) is 5.70. The van der Waals surface area contributed by atoms with Crippen LogP contribution in [0.4, 0.5) is 5.69 Å². The summed E-state index contributed by atoms with van der Waals surface area (Å²) in [4.78, 5) is 30.6. The predicted octanol–water partition coefficient (Wildman–Crippen LogP) is 1.30. The molecule has 0 radical (unpaired) electrons. The summed E-state index contributed by atoms with van der Waals surface area (Å²) >= 11 is 0. The molecule has 20 heavy (non-hydrogen) atoms. The van der Waals surface area contributed by atoms with Gasteiger partial charge in [0.1, 0.15) is 17.1 Å². The van der Waals surface area contributed by atoms with Crippen molar-refractivity contribution in [1.29, 1.82) is 0 Å². The summed E-state index contributed by atoms with van der Waals surface area (Å²) in [5.41, 5.74) is -0.511. The molecule has 0 aliphatic carbocycles. The van der Waals surface area contributed by atoms with E-state index in [-0.39, 0.29) is 23.5 Å². The first-order chi connectivity index (χ1) is 9.49. The number of phenols is 1. The van der Waals surface area contributed by atoms with E-state index in [1.165, 1.54) is 18.0 Å². The topological polar surface area (TPSA) is 112 Å². The Labute approximate surface area is 113 Å². The number of benzene rings is 1. The number of carbonyl (C=O) groups is 1. The van der Waals surface area contributed by atoms with Gasteiger partial charge in [-0.3, -0.25) is 14.9 Å². The fraction of sp³-hybridized carbons (Fsp3) is 0.167. The number of aromatic hydroxyl groups is 1. The molecule has 0 bridgehead atoms. The molecule has 0 spiro atoms. The number of nitrogens with zero attached hydrogens (tertiary/aromatic N) is 3. The van der Waals surface area contributed by atoms with E-state index < -0.39 is 10.8 Å². The number of carbonyl (C=O) groups excluding carboxylic acids is 1. The number of rotatable bonds is 4. The van der Waals surface area contributed by atoms with Crippen molar-refractivity contribution in [3.05, 3.63) is 52.1 Å². The highest BCUT2D eigenvalue weighted by Gasteiger charge is 2.23. The van der Waals surface area contributed by atoms with Crippen molar-refractivity contribution in [2.24, 2.45) is 0 Å². The maximum Gasteiger partial charge on any atom is 0.282 e. The summed E-state index contributed by atoms with van der Waals surface area (Å²) in [7, 11) is 1.50. The molecule has 0 atom stereocenters. The van der Waals surface area contributed by atoms with E-state index in [9.17, 15) is 20.0 Å². The first kappa shape index (κ1) is 13.5. The molecule has 0 saturated heterocycles. The van der Waals surface area contributed by atoms with Gasteiger partial charge in [0.15, 0.2) is 0 Å². The van der Waals surface area contributed by atoms with E-state index in [2.05, 4.69) is 9.97 Å². The number of aromatic amines is 1. The zero-order chi connectivity index (χ0) is 14.7. The third-order valence-corrected chi connectivity index (χ3v) is 2.70. The monoisotopic (exact) mass is 276 g/mol. The van der Waals surface area contributed by atoms with Gasteiger partial charge in [0, 0.05) is 25.5 Å². The number of amides is 1. The van der Waals surface area contributed by atoms with Crippen molar-refractivity contribution < 1.29 is 14.8 Å². The molecule has 2 N–H and O–H groups in total. The van der Waals surface area contributed by atoms with Crippen LogP contribution in [0.15, 0.2) is 30.6 Å². The lowest BCUT2D eigenvalue weighted by atomic mass is 10.1. The van der Waals surface area contributed by atoms with Gasteiger partial charge >= 0.3 is 0 Å². The molecule has 8 nitrogen and oxygen atoms in total. The van der Waals surface area contributed by atoms with Gasteiger partial charge in [0.25, 0.3) is 11.6 Å². The first-order valence-electron chi connectivity index (χ1n) is 5.70. The summed E-state index contributed by atoms with van der Waals surface area (Å²) < 4.78 is 0. The number of phenolic OH excluding ortho intramolecular Hbond substituents is 1. The largest absolute Gasteiger partial charge is 0.508 e. The van der Waals surface area contributed by atoms with Crippen molar-refractivity contribution in [3.63, 3.8) is 0 Å². The van der Waals surface area contributed by atoms with Gasteiger partial charge in [0.05, 0.1) is 11.5 Å². The van der Waals surface area contributed by atoms with E-state index in [0.717, 1.165) is 12.1 Å². The number of nitro benzene ring substituents is 1. The smallest absolute Gasteiger partial charge is 0.282 e. The van der Waals surface area contributed by atoms with Gasteiger partial charge < -0.3 is 15.0 Å². The van der Waals surface area contributed by atoms with Crippen molar-refractivity contribution >= 4 is 11.6 Å². The second-order valence-corrected chi connectivity index (χ2v) is 4.16. The number of nitro groups is 1. The van der Waals surface area contributed by atoms with E-state index >= 15 is 0 Å². The molecule has 2 rings (SSSR count). The maximum atomic E-state index is 12.2. The van der Waals surface area contributed by atoms with Gasteiger partial charge in [-0.15, -0.1) is 0 Å². The zero-order valence-electron chi connectivity index (χ0n) is 10.6. The minimum atomic E-state index is -0.659. The molecule has 1 aromatic carbocycles. The Balaban J connectivity index is 2.28. The molecule has 1 amide bonds. The summed E-state index contributed by atoms with van der Waals surface area (Å²) in [6.45, 7) is 0.179. The van der Waals surface area contributed by atoms with Crippen LogP contribution in [-0.4, -0.2) is 37.9 Å². The van der Waals surface area contributed by atoms with Gasteiger partial charge in [0.2, 0.25) is 0 Å². The molecule has 2 aromatic rings. The second-order valence-electron chi connectivity index (χ2n) is 4.16. The molecular weight excluding hydrogens is 264 g/mol. The third kappa shape index (κ3) is 2.74. The van der Waals surface area contributed by atoms with Crippen molar-refractivity contribution in [2.45, 2.75) is 6.54 Å². The highest BCUT2D eigenvalue weighted by molar-refractivity contribution is 5.98. The molecule has 0 fully saturated rings. The number of imidazole rings is 1. The molecule has 104 valence electrons. The lowest BCUT2D eigenvalue weighted by Gasteiger charge is -2.15. The van der Waals surface area contributed by atoms with Crippen LogP contribution in [0.5, 0.6) is 5.75 Å². The van der Waals surface area contributed by atoms with Gasteiger partial charge in [-0.25, -0.2) is 4.98 Å². The predicted molar refractivity (Wildman–Crippen MR) is 69.1 cm³/mol. The molecule has 0 aliphatic heterocycles. The Morgan fingerprint density at radius 2 is 2.30 bits per heavy atom. The molecule has 0 saturated carbocycles. The van der Waals surface area contributed by atoms with Crippen LogP contribution in [0.2, 0.25) is 0 Å². The quantitative estimate of drug-likeness (QED) is 0.645. The van der Waals surface area contributed by atoms with E-state index in [0.29, 0.717) is 5.82 Å². The zero-order valence-corrected chi connectivity index (χ0v) is 10.6. The average Bonchev–Trinajstić information content (AvgIpc) is 2.90. The van der Waals surface area contributed by atoms with E-state index in [4.69, 9.17) is 0 Å². The molecule has 8 heteroatoms. The second kappa shape index (κ2) is 5.39. The number of hydrogen-bond donors (Lipinski definition) is 2. The van der Waals surface area contributed by atoms with E-state index in [1.54, 1.807) is 12.4 Å². The van der Waals surface area contributed by atoms with Crippen LogP contribution in [0.3, 0.4) is 0 Å². The van der Waals surface area contributed by atoms with Crippen LogP contribution in [-0.2, 0) is 6.54 Å². The average molecular weight is 276 g/mol. The minimum absolute atomic E-state index is 0.163. The fourth-order valence-corrected chi connectivity index (χ4v) is 1.74. The van der Waals surface area contributed by atoms with Crippen molar-refractivity contribution in [3.8, 4) is 5.75 Å². The number of hydrogen-bond acceptors (Lipinski definition) is 5. The number of aromatic nitrogens is 2. The summed E-state index contributed by atoms with van der Waals surface area (Å²) in [5.74, 6) is -0.210. The van der Waals surface area contributed by atoms with Crippen LogP contribution in [0, 0.1) is 10.1 Å². The van der Waals surface area contributed by atoms with Crippen LogP contribution in [0.1, 0.15) is 16.2 Å². The fourth-order valence-electron chi connectivity index (χ4n) is 1.74. The summed E-state index contributed by atoms with van der Waals surface area (Å²) in [5, 5.41) is 20.3. The Kier molecular flexibility index (Phi) is 3.65. The third-order valence-electron chi connectivity index (χ3n) is 2.70. The van der Waals surface area contributed by atoms with Crippen molar-refractivity contribution in [1.82, 2.24) is 14.9 Å². The highest BCUT2D eigenvalue weighted by Crippen LogP contribution is 2.24. The molecule has 0 unspecified atom stereocenters. The highest BCUT2D eigenvalue weighted by atomic mass is 16.6. The van der Waals surface area contributed by atoms with Crippen LogP contribution >= 0.6 is 0 Å². The summed E-state index contributed by atoms with van der Waals surface area (Å²) in [6, 6.07) is 3.35. The molecular formula is C12H12N4O4. The minimum Gasteiger partial charge on any atom is -0.508 e. The number of H-pyrrole nitrogens is 1. The normalized spacial score (nSPS) is 10.2. The van der Waals surface area contributed by atoms with Gasteiger partial charge in [-0.1, -0.05) is 0 Å². The van der Waals surface area contributed by atoms with Crippen LogP contribution in [0.25, 0.3) is 0 Å². The van der Waals surface area contributed by atoms with Gasteiger partial charge in [-0.2, -0.15) is 0 Å². The Morgan fingerprint density at radius 1 is 1.55 bits per heavy atom. The lowest BCUT2D eigenvalue weighted by molar-refractivity contribution is -0.385. The Hall–Kier alpha value is -2.90. The van der Waals surface area contributed by atoms with Crippen LogP contribution < -0.4 is 0 Å². The van der Waals surface area contributed by atoms with Gasteiger partial charge in [-0.05, 0) is 12.1 Å². The molecule has 1 aromatic heterocycles. The Bertz CT molecular complexity index is 639. The Morgan fingerprint density at radius 3 is 2.90 bits per heavy atom. The SMILES string of the molecule is CN(Cc1ncc[nH]1)C(=O)c1cc(O)ccc1[N+](=O)[O-].